The Labute approximate surface area is 150 Å². The summed E-state index contributed by atoms with van der Waals surface area (Å²) in [6.45, 7) is 0. The molecule has 2 amide bonds. The smallest absolute Gasteiger partial charge is 0.280 e. The van der Waals surface area contributed by atoms with Gasteiger partial charge in [-0.25, -0.2) is 0 Å². The highest BCUT2D eigenvalue weighted by Crippen LogP contribution is 2.13. The first kappa shape index (κ1) is 18.7. The maximum absolute atomic E-state index is 11.9. The number of aliphatic imine (C=N–C) groups is 2. The average Bonchev–Trinajstić information content (AvgIpc) is 2.59. The molecule has 0 radical (unpaired) electrons. The van der Waals surface area contributed by atoms with Crippen LogP contribution in [0.25, 0.3) is 0 Å². The van der Waals surface area contributed by atoms with E-state index in [0.29, 0.717) is 24.0 Å². The Bertz CT molecular complexity index is 807. The Morgan fingerprint density at radius 3 is 1.42 bits per heavy atom. The summed E-state index contributed by atoms with van der Waals surface area (Å²) in [4.78, 5) is 30.8. The SMILES string of the molecule is NC(N)=NC(=O)c1cccc(CCc2cccc(C(=O)N=C(N)N)c2)c1. The van der Waals surface area contributed by atoms with Gasteiger partial charge in [-0.15, -0.1) is 0 Å². The van der Waals surface area contributed by atoms with E-state index in [2.05, 4.69) is 9.98 Å². The van der Waals surface area contributed by atoms with Gasteiger partial charge in [0.2, 0.25) is 0 Å². The van der Waals surface area contributed by atoms with Gasteiger partial charge in [-0.1, -0.05) is 24.3 Å². The number of carbonyl (C=O) groups excluding carboxylic acids is 2. The lowest BCUT2D eigenvalue weighted by Gasteiger charge is -2.05. The first-order valence-electron chi connectivity index (χ1n) is 7.81. The summed E-state index contributed by atoms with van der Waals surface area (Å²) in [6, 6.07) is 14.1. The van der Waals surface area contributed by atoms with Crippen LogP contribution in [0.1, 0.15) is 31.8 Å². The number of nitrogens with two attached hydrogens (primary N) is 4. The fourth-order valence-corrected chi connectivity index (χ4v) is 2.37. The molecule has 0 aromatic heterocycles. The second-order valence-electron chi connectivity index (χ2n) is 5.58. The third kappa shape index (κ3) is 5.45. The van der Waals surface area contributed by atoms with E-state index in [9.17, 15) is 9.59 Å². The van der Waals surface area contributed by atoms with E-state index in [1.807, 2.05) is 12.1 Å². The molecule has 26 heavy (non-hydrogen) atoms. The van der Waals surface area contributed by atoms with Crippen molar-refractivity contribution in [3.63, 3.8) is 0 Å². The first-order valence-corrected chi connectivity index (χ1v) is 7.81. The molecular formula is C18H20N6O2. The molecule has 0 atom stereocenters. The first-order chi connectivity index (χ1) is 12.3. The Morgan fingerprint density at radius 1 is 0.692 bits per heavy atom. The molecule has 0 saturated heterocycles. The van der Waals surface area contributed by atoms with E-state index in [4.69, 9.17) is 22.9 Å². The highest BCUT2D eigenvalue weighted by molar-refractivity contribution is 6.02. The molecular weight excluding hydrogens is 332 g/mol. The van der Waals surface area contributed by atoms with E-state index in [1.165, 1.54) is 0 Å². The minimum absolute atomic E-state index is 0.275. The Kier molecular flexibility index (Phi) is 6.05. The van der Waals surface area contributed by atoms with Crippen molar-refractivity contribution in [2.24, 2.45) is 32.9 Å². The Balaban J connectivity index is 2.10. The lowest BCUT2D eigenvalue weighted by Crippen LogP contribution is -2.24. The number of hydrogen-bond donors (Lipinski definition) is 4. The molecule has 0 unspecified atom stereocenters. The zero-order valence-corrected chi connectivity index (χ0v) is 14.1. The zero-order valence-electron chi connectivity index (χ0n) is 14.1. The van der Waals surface area contributed by atoms with Gasteiger partial charge in [-0.2, -0.15) is 9.98 Å². The third-order valence-electron chi connectivity index (χ3n) is 3.51. The van der Waals surface area contributed by atoms with E-state index in [1.54, 1.807) is 36.4 Å². The average molecular weight is 352 g/mol. The molecule has 2 aromatic rings. The molecule has 0 heterocycles. The van der Waals surface area contributed by atoms with Gasteiger partial charge >= 0.3 is 0 Å². The van der Waals surface area contributed by atoms with Crippen LogP contribution in [-0.4, -0.2) is 23.7 Å². The van der Waals surface area contributed by atoms with Crippen molar-refractivity contribution in [3.8, 4) is 0 Å². The van der Waals surface area contributed by atoms with Crippen molar-refractivity contribution in [1.82, 2.24) is 0 Å². The van der Waals surface area contributed by atoms with Crippen LogP contribution in [0.3, 0.4) is 0 Å². The second-order valence-corrected chi connectivity index (χ2v) is 5.58. The standard InChI is InChI=1S/C18H20N6O2/c19-17(20)23-15(25)13-5-1-3-11(9-13)7-8-12-4-2-6-14(10-12)16(26)24-18(21)22/h1-6,9-10H,7-8H2,(H4,19,20,23,25)(H4,21,22,24,26). The summed E-state index contributed by atoms with van der Waals surface area (Å²) in [7, 11) is 0. The summed E-state index contributed by atoms with van der Waals surface area (Å²) in [6.07, 6.45) is 1.34. The molecule has 0 fully saturated rings. The van der Waals surface area contributed by atoms with Gasteiger partial charge < -0.3 is 22.9 Å². The summed E-state index contributed by atoms with van der Waals surface area (Å²) in [5.74, 6) is -1.53. The van der Waals surface area contributed by atoms with Gasteiger partial charge in [0.1, 0.15) is 0 Å². The van der Waals surface area contributed by atoms with Crippen molar-refractivity contribution in [2.45, 2.75) is 12.8 Å². The number of aryl methyl sites for hydroxylation is 2. The van der Waals surface area contributed by atoms with Gasteiger partial charge in [0, 0.05) is 11.1 Å². The van der Waals surface area contributed by atoms with Gasteiger partial charge in [-0.3, -0.25) is 9.59 Å². The number of nitrogens with zero attached hydrogens (tertiary/aromatic N) is 2. The number of rotatable bonds is 5. The summed E-state index contributed by atoms with van der Waals surface area (Å²) >= 11 is 0. The number of benzene rings is 2. The molecule has 8 heteroatoms. The van der Waals surface area contributed by atoms with E-state index in [-0.39, 0.29) is 11.9 Å². The van der Waals surface area contributed by atoms with E-state index < -0.39 is 11.8 Å². The van der Waals surface area contributed by atoms with Crippen LogP contribution < -0.4 is 22.9 Å². The van der Waals surface area contributed by atoms with Crippen LogP contribution >= 0.6 is 0 Å². The number of amides is 2. The predicted octanol–water partition coefficient (Wildman–Crippen LogP) is 0.299. The van der Waals surface area contributed by atoms with Crippen molar-refractivity contribution < 1.29 is 9.59 Å². The lowest BCUT2D eigenvalue weighted by atomic mass is 10.0. The monoisotopic (exact) mass is 352 g/mol. The molecule has 0 aliphatic heterocycles. The topological polar surface area (TPSA) is 163 Å². The Morgan fingerprint density at radius 2 is 1.08 bits per heavy atom. The van der Waals surface area contributed by atoms with Crippen molar-refractivity contribution in [3.05, 3.63) is 70.8 Å². The molecule has 0 spiro atoms. The third-order valence-corrected chi connectivity index (χ3v) is 3.51. The maximum atomic E-state index is 11.9. The Hall–Kier alpha value is -3.68. The van der Waals surface area contributed by atoms with Crippen molar-refractivity contribution in [2.75, 3.05) is 0 Å². The number of hydrogen-bond acceptors (Lipinski definition) is 2. The summed E-state index contributed by atoms with van der Waals surface area (Å²) < 4.78 is 0. The van der Waals surface area contributed by atoms with Crippen LogP contribution in [0.2, 0.25) is 0 Å². The molecule has 8 N–H and O–H groups in total. The molecule has 2 rings (SSSR count). The normalized spacial score (nSPS) is 10.0. The predicted molar refractivity (Wildman–Crippen MR) is 101 cm³/mol. The molecule has 0 aliphatic rings. The minimum atomic E-state index is -0.489. The van der Waals surface area contributed by atoms with Crippen LogP contribution in [-0.2, 0) is 12.8 Å². The van der Waals surface area contributed by atoms with Crippen LogP contribution in [0.5, 0.6) is 0 Å². The van der Waals surface area contributed by atoms with Crippen LogP contribution in [0.15, 0.2) is 58.5 Å². The number of guanidine groups is 2. The maximum Gasteiger partial charge on any atom is 0.280 e. The molecule has 134 valence electrons. The summed E-state index contributed by atoms with van der Waals surface area (Å²) in [5.41, 5.74) is 23.6. The second kappa shape index (κ2) is 8.43. The quantitative estimate of drug-likeness (QED) is 0.446. The molecule has 0 bridgehead atoms. The lowest BCUT2D eigenvalue weighted by molar-refractivity contribution is 0.0994. The number of carbonyl (C=O) groups is 2. The van der Waals surface area contributed by atoms with Crippen LogP contribution in [0.4, 0.5) is 0 Å². The highest BCUT2D eigenvalue weighted by atomic mass is 16.1. The summed E-state index contributed by atoms with van der Waals surface area (Å²) in [5, 5.41) is 0. The molecule has 2 aromatic carbocycles. The fourth-order valence-electron chi connectivity index (χ4n) is 2.37. The van der Waals surface area contributed by atoms with Gasteiger partial charge in [0.25, 0.3) is 11.8 Å². The van der Waals surface area contributed by atoms with Crippen molar-refractivity contribution >= 4 is 23.7 Å². The molecule has 8 nitrogen and oxygen atoms in total. The van der Waals surface area contributed by atoms with Crippen molar-refractivity contribution in [1.29, 1.82) is 0 Å². The van der Waals surface area contributed by atoms with Gasteiger partial charge in [-0.05, 0) is 48.2 Å². The zero-order chi connectivity index (χ0) is 19.1. The molecule has 0 aliphatic carbocycles. The van der Waals surface area contributed by atoms with Crippen LogP contribution in [0, 0.1) is 0 Å². The van der Waals surface area contributed by atoms with Gasteiger partial charge in [0.05, 0.1) is 0 Å². The highest BCUT2D eigenvalue weighted by Gasteiger charge is 2.08. The largest absolute Gasteiger partial charge is 0.370 e. The van der Waals surface area contributed by atoms with E-state index in [0.717, 1.165) is 11.1 Å². The van der Waals surface area contributed by atoms with Gasteiger partial charge in [0.15, 0.2) is 11.9 Å². The van der Waals surface area contributed by atoms with E-state index >= 15 is 0 Å². The molecule has 0 saturated carbocycles. The minimum Gasteiger partial charge on any atom is -0.370 e. The fraction of sp³-hybridized carbons (Fsp3) is 0.111.